The Balaban J connectivity index is 1.51. The van der Waals surface area contributed by atoms with Crippen LogP contribution in [0.3, 0.4) is 0 Å². The van der Waals surface area contributed by atoms with Crippen molar-refractivity contribution in [1.82, 2.24) is 10.3 Å². The fourth-order valence-corrected chi connectivity index (χ4v) is 5.31. The summed E-state index contributed by atoms with van der Waals surface area (Å²) >= 11 is 0. The van der Waals surface area contributed by atoms with Crippen LogP contribution in [0.4, 0.5) is 0 Å². The molecule has 2 aliphatic rings. The number of methoxy groups -OCH3 is 1. The van der Waals surface area contributed by atoms with Gasteiger partial charge in [-0.25, -0.2) is 9.78 Å². The number of hydrogen-bond donors (Lipinski definition) is 2. The van der Waals surface area contributed by atoms with Crippen molar-refractivity contribution in [1.29, 1.82) is 0 Å². The van der Waals surface area contributed by atoms with Crippen LogP contribution in [-0.2, 0) is 20.7 Å². The summed E-state index contributed by atoms with van der Waals surface area (Å²) in [5.74, 6) is -1.21. The number of ether oxygens (including phenoxy) is 3. The van der Waals surface area contributed by atoms with Crippen LogP contribution in [0.2, 0.25) is 0 Å². The number of rotatable bonds is 7. The number of cyclic esters (lactones) is 1. The van der Waals surface area contributed by atoms with Crippen LogP contribution >= 0.6 is 0 Å². The van der Waals surface area contributed by atoms with Gasteiger partial charge in [-0.05, 0) is 50.5 Å². The molecule has 8 heteroatoms. The first kappa shape index (κ1) is 25.9. The molecule has 1 aromatic heterocycles. The van der Waals surface area contributed by atoms with E-state index in [0.717, 1.165) is 38.5 Å². The van der Waals surface area contributed by atoms with Gasteiger partial charge >= 0.3 is 5.97 Å². The summed E-state index contributed by atoms with van der Waals surface area (Å²) in [5, 5.41) is 13.0. The maximum Gasteiger partial charge on any atom is 0.329 e. The topological polar surface area (TPSA) is 107 Å². The number of nitrogens with zero attached hydrogens (tertiary/aromatic N) is 1. The molecule has 0 radical (unpaired) electrons. The minimum atomic E-state index is -0.852. The van der Waals surface area contributed by atoms with Gasteiger partial charge in [0.15, 0.2) is 17.2 Å². The van der Waals surface area contributed by atoms with E-state index in [9.17, 15) is 14.7 Å². The van der Waals surface area contributed by atoms with E-state index >= 15 is 0 Å². The molecule has 1 aliphatic heterocycles. The second kappa shape index (κ2) is 12.2. The van der Waals surface area contributed by atoms with Crippen LogP contribution in [0.1, 0.15) is 67.9 Å². The number of esters is 1. The summed E-state index contributed by atoms with van der Waals surface area (Å²) in [6.07, 6.45) is 8.06. The molecule has 0 spiro atoms. The highest BCUT2D eigenvalue weighted by molar-refractivity contribution is 5.97. The van der Waals surface area contributed by atoms with Crippen LogP contribution in [-0.4, -0.2) is 53.4 Å². The quantitative estimate of drug-likeness (QED) is 0.553. The maximum atomic E-state index is 13.2. The summed E-state index contributed by atoms with van der Waals surface area (Å²) in [6.45, 7) is 1.88. The summed E-state index contributed by atoms with van der Waals surface area (Å²) in [4.78, 5) is 30.0. The van der Waals surface area contributed by atoms with E-state index in [1.807, 2.05) is 25.1 Å². The lowest BCUT2D eigenvalue weighted by atomic mass is 9.86. The molecular weight excluding hydrogens is 460 g/mol. The van der Waals surface area contributed by atoms with Gasteiger partial charge in [0.2, 0.25) is 0 Å². The van der Waals surface area contributed by atoms with E-state index in [1.165, 1.54) is 24.9 Å². The Morgan fingerprint density at radius 2 is 1.86 bits per heavy atom. The van der Waals surface area contributed by atoms with E-state index in [2.05, 4.69) is 22.4 Å². The Bertz CT molecular complexity index is 1020. The number of nitrogens with one attached hydrogen (secondary N) is 1. The highest BCUT2D eigenvalue weighted by Gasteiger charge is 2.37. The average molecular weight is 497 g/mol. The molecule has 2 aromatic rings. The van der Waals surface area contributed by atoms with Crippen LogP contribution < -0.4 is 10.1 Å². The van der Waals surface area contributed by atoms with Gasteiger partial charge in [-0.1, -0.05) is 49.6 Å². The van der Waals surface area contributed by atoms with Gasteiger partial charge in [-0.15, -0.1) is 0 Å². The number of hydrogen-bond acceptors (Lipinski definition) is 7. The zero-order valence-electron chi connectivity index (χ0n) is 21.0. The molecule has 2 fully saturated rings. The highest BCUT2D eigenvalue weighted by atomic mass is 16.6. The minimum Gasteiger partial charge on any atom is -0.503 e. The molecule has 8 nitrogen and oxygen atoms in total. The van der Waals surface area contributed by atoms with Crippen molar-refractivity contribution in [2.45, 2.75) is 82.6 Å². The van der Waals surface area contributed by atoms with Gasteiger partial charge < -0.3 is 24.6 Å². The molecule has 1 aliphatic carbocycles. The SMILES string of the molecule is COc1ccnc(C(=O)NC2CCCC(Cc3ccccc3)C(OC3CCCC3)C(C)OC2=O)c1O. The Hall–Kier alpha value is -3.13. The first-order chi connectivity index (χ1) is 17.5. The Morgan fingerprint density at radius 1 is 1.11 bits per heavy atom. The number of aromatic hydroxyl groups is 1. The molecule has 4 unspecified atom stereocenters. The van der Waals surface area contributed by atoms with E-state index in [-0.39, 0.29) is 35.3 Å². The summed E-state index contributed by atoms with van der Waals surface area (Å²) in [5.41, 5.74) is 1.03. The first-order valence-electron chi connectivity index (χ1n) is 12.9. The van der Waals surface area contributed by atoms with E-state index < -0.39 is 24.0 Å². The van der Waals surface area contributed by atoms with Gasteiger partial charge in [0.25, 0.3) is 5.91 Å². The molecule has 1 saturated heterocycles. The predicted molar refractivity (Wildman–Crippen MR) is 134 cm³/mol. The zero-order valence-corrected chi connectivity index (χ0v) is 21.0. The van der Waals surface area contributed by atoms with Crippen molar-refractivity contribution in [3.05, 3.63) is 53.9 Å². The number of carbonyl (C=O) groups excluding carboxylic acids is 2. The molecule has 4 rings (SSSR count). The number of aromatic nitrogens is 1. The molecule has 2 heterocycles. The van der Waals surface area contributed by atoms with Crippen molar-refractivity contribution in [2.75, 3.05) is 7.11 Å². The Morgan fingerprint density at radius 3 is 2.58 bits per heavy atom. The Labute approximate surface area is 212 Å². The van der Waals surface area contributed by atoms with Crippen molar-refractivity contribution in [2.24, 2.45) is 5.92 Å². The predicted octanol–water partition coefficient (Wildman–Crippen LogP) is 4.20. The van der Waals surface area contributed by atoms with Crippen molar-refractivity contribution < 1.29 is 28.9 Å². The molecule has 36 heavy (non-hydrogen) atoms. The van der Waals surface area contributed by atoms with Crippen molar-refractivity contribution in [3.8, 4) is 11.5 Å². The van der Waals surface area contributed by atoms with Gasteiger partial charge in [0.1, 0.15) is 12.1 Å². The summed E-state index contributed by atoms with van der Waals surface area (Å²) < 4.78 is 17.6. The summed E-state index contributed by atoms with van der Waals surface area (Å²) in [7, 11) is 1.39. The third kappa shape index (κ3) is 6.35. The second-order valence-electron chi connectivity index (χ2n) is 9.77. The van der Waals surface area contributed by atoms with Crippen LogP contribution in [0, 0.1) is 5.92 Å². The van der Waals surface area contributed by atoms with E-state index in [4.69, 9.17) is 14.2 Å². The molecule has 1 amide bonds. The molecule has 4 atom stereocenters. The zero-order chi connectivity index (χ0) is 25.5. The third-order valence-electron chi connectivity index (χ3n) is 7.20. The van der Waals surface area contributed by atoms with Gasteiger partial charge in [0.05, 0.1) is 19.3 Å². The van der Waals surface area contributed by atoms with Gasteiger partial charge in [-0.2, -0.15) is 0 Å². The lowest BCUT2D eigenvalue weighted by Gasteiger charge is -2.33. The molecule has 2 N–H and O–H groups in total. The largest absolute Gasteiger partial charge is 0.503 e. The third-order valence-corrected chi connectivity index (χ3v) is 7.20. The van der Waals surface area contributed by atoms with Crippen LogP contribution in [0.25, 0.3) is 0 Å². The molecule has 1 aromatic carbocycles. The van der Waals surface area contributed by atoms with Gasteiger partial charge in [0, 0.05) is 12.3 Å². The number of pyridine rings is 1. The molecular formula is C28H36N2O6. The fourth-order valence-electron chi connectivity index (χ4n) is 5.31. The number of amides is 1. The van der Waals surface area contributed by atoms with Crippen LogP contribution in [0.15, 0.2) is 42.6 Å². The monoisotopic (exact) mass is 496 g/mol. The smallest absolute Gasteiger partial charge is 0.329 e. The highest BCUT2D eigenvalue weighted by Crippen LogP contribution is 2.32. The molecule has 1 saturated carbocycles. The van der Waals surface area contributed by atoms with E-state index in [0.29, 0.717) is 12.8 Å². The number of benzene rings is 1. The molecule has 0 bridgehead atoms. The van der Waals surface area contributed by atoms with Crippen molar-refractivity contribution >= 4 is 11.9 Å². The minimum absolute atomic E-state index is 0.136. The van der Waals surface area contributed by atoms with Crippen LogP contribution in [0.5, 0.6) is 11.5 Å². The van der Waals surface area contributed by atoms with Gasteiger partial charge in [-0.3, -0.25) is 4.79 Å². The first-order valence-corrected chi connectivity index (χ1v) is 12.9. The standard InChI is InChI=1S/C28H36N2O6/c1-18-26(36-21-12-6-7-13-21)20(17-19-9-4-3-5-10-19)11-8-14-22(28(33)35-18)30-27(32)24-25(31)23(34-2)15-16-29-24/h3-5,9-10,15-16,18,20-22,26,31H,6-8,11-14,17H2,1-2H3,(H,30,32). The lowest BCUT2D eigenvalue weighted by Crippen LogP contribution is -2.45. The second-order valence-corrected chi connectivity index (χ2v) is 9.77. The number of carbonyl (C=O) groups is 2. The maximum absolute atomic E-state index is 13.2. The molecule has 194 valence electrons. The Kier molecular flexibility index (Phi) is 8.80. The summed E-state index contributed by atoms with van der Waals surface area (Å²) in [6, 6.07) is 10.9. The van der Waals surface area contributed by atoms with Crippen molar-refractivity contribution in [3.63, 3.8) is 0 Å². The fraction of sp³-hybridized carbons (Fsp3) is 0.536. The lowest BCUT2D eigenvalue weighted by molar-refractivity contribution is -0.164. The van der Waals surface area contributed by atoms with E-state index in [1.54, 1.807) is 0 Å². The normalized spacial score (nSPS) is 25.3. The average Bonchev–Trinajstić information content (AvgIpc) is 3.40.